The number of nitrogens with one attached hydrogen (secondary N) is 1. The fourth-order valence-electron chi connectivity index (χ4n) is 2.28. The Kier molecular flexibility index (Phi) is 6.46. The molecule has 0 aliphatic carbocycles. The zero-order valence-corrected chi connectivity index (χ0v) is 12.8. The van der Waals surface area contributed by atoms with Crippen LogP contribution in [0.15, 0.2) is 0 Å². The van der Waals surface area contributed by atoms with E-state index in [4.69, 9.17) is 10.5 Å². The van der Waals surface area contributed by atoms with Gasteiger partial charge in [-0.25, -0.2) is 0 Å². The lowest BCUT2D eigenvalue weighted by Crippen LogP contribution is -2.31. The van der Waals surface area contributed by atoms with Gasteiger partial charge in [-0.3, -0.25) is 0 Å². The minimum atomic E-state index is 0.264. The monoisotopic (exact) mass is 294 g/mol. The van der Waals surface area contributed by atoms with Gasteiger partial charge in [0.15, 0.2) is 0 Å². The van der Waals surface area contributed by atoms with Gasteiger partial charge in [0.25, 0.3) is 0 Å². The summed E-state index contributed by atoms with van der Waals surface area (Å²) in [5.41, 5.74) is 5.78. The van der Waals surface area contributed by atoms with Gasteiger partial charge >= 0.3 is 0 Å². The maximum Gasteiger partial charge on any atom is 0.231 e. The Morgan fingerprint density at radius 1 is 1.14 bits per heavy atom. The molecule has 7 heteroatoms. The first-order chi connectivity index (χ1) is 10.3. The highest BCUT2D eigenvalue weighted by Crippen LogP contribution is 2.17. The van der Waals surface area contributed by atoms with E-state index in [2.05, 4.69) is 32.1 Å². The maximum atomic E-state index is 5.78. The number of anilines is 3. The summed E-state index contributed by atoms with van der Waals surface area (Å²) in [6, 6.07) is 0. The molecule has 0 bridgehead atoms. The minimum Gasteiger partial charge on any atom is -0.380 e. The molecule has 0 radical (unpaired) electrons. The van der Waals surface area contributed by atoms with Crippen LogP contribution in [0.3, 0.4) is 0 Å². The van der Waals surface area contributed by atoms with Crippen molar-refractivity contribution in [2.75, 3.05) is 48.8 Å². The molecule has 0 spiro atoms. The van der Waals surface area contributed by atoms with E-state index in [0.717, 1.165) is 32.5 Å². The summed E-state index contributed by atoms with van der Waals surface area (Å²) in [5.74, 6) is 1.47. The molecule has 0 amide bonds. The Morgan fingerprint density at radius 2 is 1.95 bits per heavy atom. The Labute approximate surface area is 126 Å². The first-order valence-electron chi connectivity index (χ1n) is 7.87. The van der Waals surface area contributed by atoms with Crippen molar-refractivity contribution in [2.45, 2.75) is 39.0 Å². The highest BCUT2D eigenvalue weighted by atomic mass is 16.5. The van der Waals surface area contributed by atoms with Gasteiger partial charge in [0, 0.05) is 26.2 Å². The zero-order chi connectivity index (χ0) is 14.9. The molecule has 0 atom stereocenters. The lowest BCUT2D eigenvalue weighted by atomic mass is 10.1. The minimum absolute atomic E-state index is 0.264. The van der Waals surface area contributed by atoms with Crippen molar-refractivity contribution in [1.82, 2.24) is 15.0 Å². The molecule has 0 aromatic carbocycles. The normalized spacial score (nSPS) is 15.2. The van der Waals surface area contributed by atoms with Crippen LogP contribution in [0.5, 0.6) is 0 Å². The number of hydrogen-bond acceptors (Lipinski definition) is 7. The van der Waals surface area contributed by atoms with Crippen LogP contribution in [-0.2, 0) is 4.74 Å². The number of nitrogens with zero attached hydrogens (tertiary/aromatic N) is 4. The Balaban J connectivity index is 1.83. The molecule has 3 N–H and O–H groups in total. The predicted octanol–water partition coefficient (Wildman–Crippen LogP) is 1.67. The number of nitrogen functional groups attached to an aromatic ring is 1. The molecular formula is C14H26N6O. The smallest absolute Gasteiger partial charge is 0.231 e. The molecule has 0 unspecified atom stereocenters. The van der Waals surface area contributed by atoms with Gasteiger partial charge in [-0.2, -0.15) is 15.0 Å². The van der Waals surface area contributed by atoms with Gasteiger partial charge in [0.2, 0.25) is 17.8 Å². The number of piperidine rings is 1. The summed E-state index contributed by atoms with van der Waals surface area (Å²) < 4.78 is 5.50. The van der Waals surface area contributed by atoms with Crippen molar-refractivity contribution in [3.63, 3.8) is 0 Å². The molecule has 1 aliphatic rings. The summed E-state index contributed by atoms with van der Waals surface area (Å²) in [6.07, 6.45) is 5.88. The zero-order valence-electron chi connectivity index (χ0n) is 12.8. The highest BCUT2D eigenvalue weighted by molar-refractivity contribution is 5.42. The Hall–Kier alpha value is -1.63. The number of unbranched alkanes of at least 4 members (excludes halogenated alkanes) is 1. The summed E-state index contributed by atoms with van der Waals surface area (Å²) in [5, 5.41) is 3.15. The number of rotatable bonds is 8. The summed E-state index contributed by atoms with van der Waals surface area (Å²) in [6.45, 7) is 6.25. The molecule has 1 fully saturated rings. The average molecular weight is 294 g/mol. The van der Waals surface area contributed by atoms with Crippen molar-refractivity contribution in [3.05, 3.63) is 0 Å². The second kappa shape index (κ2) is 8.61. The van der Waals surface area contributed by atoms with E-state index in [9.17, 15) is 0 Å². The van der Waals surface area contributed by atoms with E-state index in [1.54, 1.807) is 0 Å². The number of aromatic nitrogens is 3. The largest absolute Gasteiger partial charge is 0.380 e. The van der Waals surface area contributed by atoms with Crippen LogP contribution in [0, 0.1) is 0 Å². The molecule has 7 nitrogen and oxygen atoms in total. The lowest BCUT2D eigenvalue weighted by molar-refractivity contribution is 0.141. The lowest BCUT2D eigenvalue weighted by Gasteiger charge is -2.26. The quantitative estimate of drug-likeness (QED) is 0.705. The van der Waals surface area contributed by atoms with Crippen molar-refractivity contribution in [3.8, 4) is 0 Å². The predicted molar refractivity (Wildman–Crippen MR) is 84.5 cm³/mol. The van der Waals surface area contributed by atoms with Crippen LogP contribution in [-0.4, -0.2) is 47.8 Å². The van der Waals surface area contributed by atoms with Gasteiger partial charge in [-0.1, -0.05) is 13.3 Å². The van der Waals surface area contributed by atoms with E-state index in [1.807, 2.05) is 0 Å². The first kappa shape index (κ1) is 15.8. The van der Waals surface area contributed by atoms with Crippen LogP contribution >= 0.6 is 0 Å². The van der Waals surface area contributed by atoms with Crippen LogP contribution in [0.25, 0.3) is 0 Å². The topological polar surface area (TPSA) is 89.2 Å². The van der Waals surface area contributed by atoms with Crippen LogP contribution in [0.1, 0.15) is 39.0 Å². The van der Waals surface area contributed by atoms with Gasteiger partial charge in [0.05, 0.1) is 6.61 Å². The second-order valence-electron chi connectivity index (χ2n) is 5.26. The molecule has 21 heavy (non-hydrogen) atoms. The molecule has 0 saturated carbocycles. The van der Waals surface area contributed by atoms with Gasteiger partial charge in [-0.05, 0) is 25.7 Å². The van der Waals surface area contributed by atoms with E-state index in [1.165, 1.54) is 19.3 Å². The second-order valence-corrected chi connectivity index (χ2v) is 5.26. The standard InChI is InChI=1S/C14H26N6O/c1-2-3-10-21-11-7-16-13-17-12(15)18-14(19-13)20-8-5-4-6-9-20/h2-11H2,1H3,(H3,15,16,17,18,19). The first-order valence-corrected chi connectivity index (χ1v) is 7.87. The third-order valence-electron chi connectivity index (χ3n) is 3.45. The molecule has 118 valence electrons. The fourth-order valence-corrected chi connectivity index (χ4v) is 2.28. The molecule has 2 heterocycles. The van der Waals surface area contributed by atoms with E-state index in [0.29, 0.717) is 25.0 Å². The van der Waals surface area contributed by atoms with Gasteiger partial charge < -0.3 is 20.7 Å². The Bertz CT molecular complexity index is 422. The van der Waals surface area contributed by atoms with E-state index < -0.39 is 0 Å². The van der Waals surface area contributed by atoms with Crippen molar-refractivity contribution >= 4 is 17.8 Å². The van der Waals surface area contributed by atoms with Crippen LogP contribution in [0.4, 0.5) is 17.8 Å². The van der Waals surface area contributed by atoms with Crippen molar-refractivity contribution in [2.24, 2.45) is 0 Å². The van der Waals surface area contributed by atoms with Crippen LogP contribution in [0.2, 0.25) is 0 Å². The number of ether oxygens (including phenoxy) is 1. The Morgan fingerprint density at radius 3 is 2.71 bits per heavy atom. The molecule has 2 rings (SSSR count). The van der Waals surface area contributed by atoms with E-state index >= 15 is 0 Å². The SMILES string of the molecule is CCCCOCCNc1nc(N)nc(N2CCCCC2)n1. The summed E-state index contributed by atoms with van der Waals surface area (Å²) in [4.78, 5) is 15.0. The number of nitrogens with two attached hydrogens (primary N) is 1. The number of hydrogen-bond donors (Lipinski definition) is 2. The third kappa shape index (κ3) is 5.34. The molecule has 1 saturated heterocycles. The summed E-state index contributed by atoms with van der Waals surface area (Å²) >= 11 is 0. The van der Waals surface area contributed by atoms with Gasteiger partial charge in [0.1, 0.15) is 0 Å². The molecule has 1 aromatic heterocycles. The highest BCUT2D eigenvalue weighted by Gasteiger charge is 2.15. The third-order valence-corrected chi connectivity index (χ3v) is 3.45. The fraction of sp³-hybridized carbons (Fsp3) is 0.786. The molecular weight excluding hydrogens is 268 g/mol. The summed E-state index contributed by atoms with van der Waals surface area (Å²) in [7, 11) is 0. The van der Waals surface area contributed by atoms with Crippen molar-refractivity contribution < 1.29 is 4.74 Å². The molecule has 1 aliphatic heterocycles. The maximum absolute atomic E-state index is 5.78. The van der Waals surface area contributed by atoms with E-state index in [-0.39, 0.29) is 5.95 Å². The average Bonchev–Trinajstić information content (AvgIpc) is 2.51. The van der Waals surface area contributed by atoms with Crippen molar-refractivity contribution in [1.29, 1.82) is 0 Å². The molecule has 1 aromatic rings. The van der Waals surface area contributed by atoms with Gasteiger partial charge in [-0.15, -0.1) is 0 Å². The van der Waals surface area contributed by atoms with Crippen LogP contribution < -0.4 is 16.0 Å².